The Kier molecular flexibility index (Phi) is 5.87. The van der Waals surface area contributed by atoms with Crippen molar-refractivity contribution in [3.63, 3.8) is 0 Å². The number of benzene rings is 1. The lowest BCUT2D eigenvalue weighted by molar-refractivity contribution is 0.314. The maximum Gasteiger partial charge on any atom is 0.213 e. The van der Waals surface area contributed by atoms with Gasteiger partial charge in [0.1, 0.15) is 5.75 Å². The van der Waals surface area contributed by atoms with Crippen LogP contribution < -0.4 is 14.8 Å². The van der Waals surface area contributed by atoms with E-state index < -0.39 is 0 Å². The molecule has 0 unspecified atom stereocenters. The Hall–Kier alpha value is -1.75. The van der Waals surface area contributed by atoms with Crippen molar-refractivity contribution in [2.75, 3.05) is 19.0 Å². The summed E-state index contributed by atoms with van der Waals surface area (Å²) in [7, 11) is 1.61. The van der Waals surface area contributed by atoms with E-state index in [-0.39, 0.29) is 0 Å². The van der Waals surface area contributed by atoms with Gasteiger partial charge < -0.3 is 14.8 Å². The normalized spacial score (nSPS) is 10.2. The predicted molar refractivity (Wildman–Crippen MR) is 88.0 cm³/mol. The molecule has 0 amide bonds. The Morgan fingerprint density at radius 1 is 1.24 bits per heavy atom. The van der Waals surface area contributed by atoms with Crippen LogP contribution in [-0.2, 0) is 6.54 Å². The average Bonchev–Trinajstić information content (AvgIpc) is 2.52. The Morgan fingerprint density at radius 2 is 2.10 bits per heavy atom. The fourth-order valence-corrected chi connectivity index (χ4v) is 2.25. The average molecular weight is 351 g/mol. The highest BCUT2D eigenvalue weighted by molar-refractivity contribution is 9.10. The first-order valence-electron chi connectivity index (χ1n) is 6.88. The van der Waals surface area contributed by atoms with E-state index >= 15 is 0 Å². The number of anilines is 1. The number of pyridine rings is 1. The Balaban J connectivity index is 2.05. The lowest BCUT2D eigenvalue weighted by Gasteiger charge is -2.13. The third-order valence-electron chi connectivity index (χ3n) is 2.91. The van der Waals surface area contributed by atoms with E-state index in [0.717, 1.165) is 34.5 Å². The molecular weight excluding hydrogens is 332 g/mol. The first-order chi connectivity index (χ1) is 10.2. The maximum atomic E-state index is 5.77. The summed E-state index contributed by atoms with van der Waals surface area (Å²) >= 11 is 3.50. The van der Waals surface area contributed by atoms with Gasteiger partial charge in [0.05, 0.1) is 25.6 Å². The molecule has 1 aromatic carbocycles. The number of hydrogen-bond acceptors (Lipinski definition) is 4. The maximum absolute atomic E-state index is 5.77. The zero-order valence-corrected chi connectivity index (χ0v) is 13.8. The van der Waals surface area contributed by atoms with Crippen LogP contribution >= 0.6 is 15.9 Å². The topological polar surface area (TPSA) is 43.4 Å². The number of nitrogens with zero attached hydrogens (tertiary/aromatic N) is 1. The highest BCUT2D eigenvalue weighted by atomic mass is 79.9. The van der Waals surface area contributed by atoms with Gasteiger partial charge in [-0.3, -0.25) is 0 Å². The van der Waals surface area contributed by atoms with Gasteiger partial charge >= 0.3 is 0 Å². The fourth-order valence-electron chi connectivity index (χ4n) is 1.84. The minimum Gasteiger partial charge on any atom is -0.493 e. The fraction of sp³-hybridized carbons (Fsp3) is 0.312. The van der Waals surface area contributed by atoms with E-state index in [1.54, 1.807) is 13.3 Å². The molecule has 1 aromatic heterocycles. The summed E-state index contributed by atoms with van der Waals surface area (Å²) in [4.78, 5) is 4.17. The van der Waals surface area contributed by atoms with Crippen molar-refractivity contribution in [3.8, 4) is 11.6 Å². The van der Waals surface area contributed by atoms with Crippen molar-refractivity contribution in [1.29, 1.82) is 0 Å². The van der Waals surface area contributed by atoms with Crippen LogP contribution in [0.4, 0.5) is 5.69 Å². The molecule has 1 N–H and O–H groups in total. The number of nitrogens with one attached hydrogen (secondary N) is 1. The largest absolute Gasteiger partial charge is 0.493 e. The Morgan fingerprint density at radius 3 is 2.76 bits per heavy atom. The van der Waals surface area contributed by atoms with Crippen LogP contribution in [0.25, 0.3) is 0 Å². The monoisotopic (exact) mass is 350 g/mol. The van der Waals surface area contributed by atoms with E-state index in [1.807, 2.05) is 24.3 Å². The minimum absolute atomic E-state index is 0.606. The molecule has 0 fully saturated rings. The van der Waals surface area contributed by atoms with E-state index in [9.17, 15) is 0 Å². The van der Waals surface area contributed by atoms with Crippen LogP contribution in [0.1, 0.15) is 18.9 Å². The lowest BCUT2D eigenvalue weighted by Crippen LogP contribution is -2.04. The van der Waals surface area contributed by atoms with Gasteiger partial charge in [0, 0.05) is 22.6 Å². The quantitative estimate of drug-likeness (QED) is 0.810. The summed E-state index contributed by atoms with van der Waals surface area (Å²) in [6, 6.07) is 9.82. The van der Waals surface area contributed by atoms with Crippen molar-refractivity contribution >= 4 is 21.6 Å². The van der Waals surface area contributed by atoms with Gasteiger partial charge in [-0.15, -0.1) is 0 Å². The highest BCUT2D eigenvalue weighted by Gasteiger charge is 2.05. The van der Waals surface area contributed by atoms with Crippen LogP contribution in [0.3, 0.4) is 0 Å². The molecule has 0 atom stereocenters. The molecule has 0 bridgehead atoms. The number of methoxy groups -OCH3 is 1. The zero-order valence-electron chi connectivity index (χ0n) is 12.2. The molecule has 4 nitrogen and oxygen atoms in total. The molecule has 112 valence electrons. The number of ether oxygens (including phenoxy) is 2. The van der Waals surface area contributed by atoms with Gasteiger partial charge in [0.25, 0.3) is 0 Å². The second-order valence-electron chi connectivity index (χ2n) is 4.54. The summed E-state index contributed by atoms with van der Waals surface area (Å²) < 4.78 is 11.9. The van der Waals surface area contributed by atoms with Crippen molar-refractivity contribution in [3.05, 3.63) is 46.6 Å². The Bertz CT molecular complexity index is 573. The van der Waals surface area contributed by atoms with E-state index in [0.29, 0.717) is 12.4 Å². The van der Waals surface area contributed by atoms with E-state index in [4.69, 9.17) is 9.47 Å². The highest BCUT2D eigenvalue weighted by Crippen LogP contribution is 2.24. The minimum atomic E-state index is 0.606. The molecular formula is C16H19BrN2O2. The molecule has 2 rings (SSSR count). The molecule has 0 aliphatic carbocycles. The molecule has 2 aromatic rings. The molecule has 0 spiro atoms. The third-order valence-corrected chi connectivity index (χ3v) is 3.41. The molecule has 0 saturated heterocycles. The van der Waals surface area contributed by atoms with Crippen LogP contribution in [0.15, 0.2) is 41.0 Å². The van der Waals surface area contributed by atoms with Crippen molar-refractivity contribution < 1.29 is 9.47 Å². The molecule has 0 aliphatic heterocycles. The summed E-state index contributed by atoms with van der Waals surface area (Å²) in [5.41, 5.74) is 2.05. The predicted octanol–water partition coefficient (Wildman–Crippen LogP) is 4.25. The first kappa shape index (κ1) is 15.6. The summed E-state index contributed by atoms with van der Waals surface area (Å²) in [6.07, 6.45) is 2.74. The van der Waals surface area contributed by atoms with Crippen LogP contribution in [0.5, 0.6) is 11.6 Å². The molecule has 0 radical (unpaired) electrons. The number of rotatable bonds is 7. The van der Waals surface area contributed by atoms with Gasteiger partial charge in [-0.1, -0.05) is 22.9 Å². The van der Waals surface area contributed by atoms with Crippen molar-refractivity contribution in [2.45, 2.75) is 19.9 Å². The van der Waals surface area contributed by atoms with Gasteiger partial charge in [-0.25, -0.2) is 4.98 Å². The van der Waals surface area contributed by atoms with Gasteiger partial charge in [-0.05, 0) is 30.7 Å². The summed E-state index contributed by atoms with van der Waals surface area (Å²) in [5.74, 6) is 1.52. The van der Waals surface area contributed by atoms with Gasteiger partial charge in [0.15, 0.2) is 0 Å². The van der Waals surface area contributed by atoms with Crippen LogP contribution in [0, 0.1) is 0 Å². The molecule has 0 aliphatic rings. The van der Waals surface area contributed by atoms with Crippen molar-refractivity contribution in [1.82, 2.24) is 4.98 Å². The number of aromatic nitrogens is 1. The summed E-state index contributed by atoms with van der Waals surface area (Å²) in [5, 5.41) is 3.34. The molecule has 1 heterocycles. The van der Waals surface area contributed by atoms with Crippen LogP contribution in [0.2, 0.25) is 0 Å². The van der Waals surface area contributed by atoms with E-state index in [1.165, 1.54) is 0 Å². The second kappa shape index (κ2) is 7.88. The molecule has 0 saturated carbocycles. The lowest BCUT2D eigenvalue weighted by atomic mass is 10.2. The SMILES string of the molecule is CCCOc1ccc(Br)cc1CNc1ccc(OC)nc1. The second-order valence-corrected chi connectivity index (χ2v) is 5.46. The standard InChI is InChI=1S/C16H19BrN2O2/c1-3-8-21-15-6-4-13(17)9-12(15)10-18-14-5-7-16(20-2)19-11-14/h4-7,9,11,18H,3,8,10H2,1-2H3. The zero-order chi connectivity index (χ0) is 15.1. The van der Waals surface area contributed by atoms with Crippen molar-refractivity contribution in [2.24, 2.45) is 0 Å². The van der Waals surface area contributed by atoms with Crippen LogP contribution in [-0.4, -0.2) is 18.7 Å². The Labute approximate surface area is 133 Å². The summed E-state index contributed by atoms with van der Waals surface area (Å²) in [6.45, 7) is 3.49. The number of hydrogen-bond donors (Lipinski definition) is 1. The van der Waals surface area contributed by atoms with Gasteiger partial charge in [0.2, 0.25) is 5.88 Å². The van der Waals surface area contributed by atoms with Gasteiger partial charge in [-0.2, -0.15) is 0 Å². The third kappa shape index (κ3) is 4.63. The molecule has 5 heteroatoms. The molecule has 21 heavy (non-hydrogen) atoms. The smallest absolute Gasteiger partial charge is 0.213 e. The van der Waals surface area contributed by atoms with E-state index in [2.05, 4.69) is 39.2 Å². The number of halogens is 1. The first-order valence-corrected chi connectivity index (χ1v) is 7.67.